The van der Waals surface area contributed by atoms with Gasteiger partial charge in [-0.1, -0.05) is 44.7 Å². The lowest BCUT2D eigenvalue weighted by Gasteiger charge is -2.28. The van der Waals surface area contributed by atoms with Gasteiger partial charge in [-0.05, 0) is 31.0 Å². The van der Waals surface area contributed by atoms with Gasteiger partial charge in [0.05, 0.1) is 18.2 Å². The minimum Gasteiger partial charge on any atom is -0.508 e. The van der Waals surface area contributed by atoms with Crippen LogP contribution in [0.15, 0.2) is 35.5 Å². The highest BCUT2D eigenvalue weighted by molar-refractivity contribution is 5.95. The summed E-state index contributed by atoms with van der Waals surface area (Å²) in [6.45, 7) is 4.21. The lowest BCUT2D eigenvalue weighted by molar-refractivity contribution is -0.139. The van der Waals surface area contributed by atoms with E-state index in [-0.39, 0.29) is 11.8 Å². The molecule has 25 heavy (non-hydrogen) atoms. The minimum atomic E-state index is -0.595. The molecule has 1 atom stereocenters. The Balaban J connectivity index is 2.05. The summed E-state index contributed by atoms with van der Waals surface area (Å²) in [6, 6.07) is 5.44. The van der Waals surface area contributed by atoms with Crippen LogP contribution in [0, 0.1) is 0 Å². The summed E-state index contributed by atoms with van der Waals surface area (Å²) in [4.78, 5) is 24.3. The Morgan fingerprint density at radius 1 is 1.16 bits per heavy atom. The van der Waals surface area contributed by atoms with E-state index in [2.05, 4.69) is 17.6 Å². The minimum absolute atomic E-state index is 0.126. The molecule has 1 aromatic rings. The third-order valence-electron chi connectivity index (χ3n) is 4.20. The fourth-order valence-electron chi connectivity index (χ4n) is 2.83. The zero-order valence-corrected chi connectivity index (χ0v) is 14.8. The highest BCUT2D eigenvalue weighted by Crippen LogP contribution is 2.28. The number of allylic oxidation sites excluding steroid dienone is 1. The molecule has 1 heterocycles. The number of unbranched alkanes of at least 4 members (excludes halogenated alkanes) is 4. The van der Waals surface area contributed by atoms with E-state index in [0.29, 0.717) is 23.4 Å². The van der Waals surface area contributed by atoms with Crippen molar-refractivity contribution in [2.24, 2.45) is 0 Å². The number of ether oxygens (including phenoxy) is 1. The van der Waals surface area contributed by atoms with Crippen LogP contribution < -0.4 is 10.6 Å². The van der Waals surface area contributed by atoms with Gasteiger partial charge in [0.1, 0.15) is 5.75 Å². The topological polar surface area (TPSA) is 87.7 Å². The third kappa shape index (κ3) is 5.24. The molecule has 0 radical (unpaired) electrons. The predicted octanol–water partition coefficient (Wildman–Crippen LogP) is 3.53. The predicted molar refractivity (Wildman–Crippen MR) is 94.9 cm³/mol. The van der Waals surface area contributed by atoms with Gasteiger partial charge in [-0.2, -0.15) is 0 Å². The molecule has 2 rings (SSSR count). The van der Waals surface area contributed by atoms with E-state index in [4.69, 9.17) is 4.74 Å². The number of carbonyl (C=O) groups excluding carboxylic acids is 2. The van der Waals surface area contributed by atoms with Gasteiger partial charge in [-0.15, -0.1) is 0 Å². The van der Waals surface area contributed by atoms with Crippen LogP contribution in [-0.4, -0.2) is 23.7 Å². The van der Waals surface area contributed by atoms with Crippen LogP contribution in [0.2, 0.25) is 0 Å². The maximum Gasteiger partial charge on any atom is 0.338 e. The molecular formula is C19H26N2O4. The van der Waals surface area contributed by atoms with Crippen LogP contribution >= 0.6 is 0 Å². The van der Waals surface area contributed by atoms with Crippen molar-refractivity contribution in [3.8, 4) is 5.75 Å². The normalized spacial score (nSPS) is 17.0. The molecule has 6 heteroatoms. The average molecular weight is 346 g/mol. The van der Waals surface area contributed by atoms with Crippen molar-refractivity contribution in [3.05, 3.63) is 41.1 Å². The highest BCUT2D eigenvalue weighted by Gasteiger charge is 2.32. The summed E-state index contributed by atoms with van der Waals surface area (Å²) in [5.74, 6) is -0.306. The number of rotatable bonds is 8. The van der Waals surface area contributed by atoms with Gasteiger partial charge in [0.2, 0.25) is 0 Å². The Bertz CT molecular complexity index is 637. The molecule has 3 N–H and O–H groups in total. The maximum absolute atomic E-state index is 12.5. The fourth-order valence-corrected chi connectivity index (χ4v) is 2.83. The van der Waals surface area contributed by atoms with Crippen molar-refractivity contribution in [1.29, 1.82) is 0 Å². The Labute approximate surface area is 148 Å². The van der Waals surface area contributed by atoms with Gasteiger partial charge in [-0.3, -0.25) is 0 Å². The Morgan fingerprint density at radius 2 is 1.84 bits per heavy atom. The summed E-state index contributed by atoms with van der Waals surface area (Å²) >= 11 is 0. The first-order chi connectivity index (χ1) is 12.0. The van der Waals surface area contributed by atoms with Crippen molar-refractivity contribution >= 4 is 12.0 Å². The van der Waals surface area contributed by atoms with Crippen molar-refractivity contribution in [1.82, 2.24) is 10.6 Å². The van der Waals surface area contributed by atoms with Gasteiger partial charge >= 0.3 is 12.0 Å². The lowest BCUT2D eigenvalue weighted by atomic mass is 9.95. The standard InChI is InChI=1S/C19H26N2O4/c1-3-4-5-6-7-12-25-18(23)16-13(2)20-19(24)21-17(16)14-8-10-15(22)11-9-14/h8-11,17,22H,3-7,12H2,1-2H3,(H2,20,21,24)/t17-/m0/s1. The summed E-state index contributed by atoms with van der Waals surface area (Å²) in [6.07, 6.45) is 5.38. The lowest BCUT2D eigenvalue weighted by Crippen LogP contribution is -2.45. The number of amides is 2. The van der Waals surface area contributed by atoms with Crippen LogP contribution in [0.25, 0.3) is 0 Å². The Kier molecular flexibility index (Phi) is 6.86. The molecule has 2 amide bonds. The van der Waals surface area contributed by atoms with Gasteiger partial charge in [0.15, 0.2) is 0 Å². The van der Waals surface area contributed by atoms with E-state index < -0.39 is 12.0 Å². The quantitative estimate of drug-likeness (QED) is 0.496. The SMILES string of the molecule is CCCCCCCOC(=O)C1=C(C)NC(=O)N[C@H]1c1ccc(O)cc1. The Hall–Kier alpha value is -2.50. The molecule has 0 saturated heterocycles. The number of phenols is 1. The second kappa shape index (κ2) is 9.11. The number of aromatic hydroxyl groups is 1. The summed E-state index contributed by atoms with van der Waals surface area (Å²) in [7, 11) is 0. The number of nitrogens with one attached hydrogen (secondary N) is 2. The van der Waals surface area contributed by atoms with Gasteiger partial charge in [0.25, 0.3) is 0 Å². The molecule has 6 nitrogen and oxygen atoms in total. The van der Waals surface area contributed by atoms with Crippen LogP contribution in [0.4, 0.5) is 4.79 Å². The van der Waals surface area contributed by atoms with E-state index in [9.17, 15) is 14.7 Å². The molecule has 0 aromatic heterocycles. The monoisotopic (exact) mass is 346 g/mol. The summed E-state index contributed by atoms with van der Waals surface area (Å²) in [5.41, 5.74) is 1.58. The van der Waals surface area contributed by atoms with E-state index >= 15 is 0 Å². The largest absolute Gasteiger partial charge is 0.508 e. The third-order valence-corrected chi connectivity index (χ3v) is 4.20. The number of carbonyl (C=O) groups is 2. The number of hydrogen-bond acceptors (Lipinski definition) is 4. The second-order valence-corrected chi connectivity index (χ2v) is 6.21. The average Bonchev–Trinajstić information content (AvgIpc) is 2.57. The number of hydrogen-bond donors (Lipinski definition) is 3. The molecule has 1 aliphatic heterocycles. The zero-order valence-electron chi connectivity index (χ0n) is 14.8. The maximum atomic E-state index is 12.5. The first kappa shape index (κ1) is 18.8. The van der Waals surface area contributed by atoms with Gasteiger partial charge in [0, 0.05) is 5.70 Å². The number of esters is 1. The summed E-state index contributed by atoms with van der Waals surface area (Å²) in [5, 5.41) is 14.8. The smallest absolute Gasteiger partial charge is 0.338 e. The first-order valence-corrected chi connectivity index (χ1v) is 8.77. The van der Waals surface area contributed by atoms with E-state index in [1.807, 2.05) is 0 Å². The molecule has 1 aromatic carbocycles. The molecule has 0 aliphatic carbocycles. The number of phenolic OH excluding ortho intramolecular Hbond substituents is 1. The van der Waals surface area contributed by atoms with Crippen molar-refractivity contribution in [3.63, 3.8) is 0 Å². The molecule has 1 aliphatic rings. The zero-order chi connectivity index (χ0) is 18.2. The summed E-state index contributed by atoms with van der Waals surface area (Å²) < 4.78 is 5.41. The van der Waals surface area contributed by atoms with E-state index in [0.717, 1.165) is 19.3 Å². The molecule has 0 saturated carbocycles. The molecule has 136 valence electrons. The van der Waals surface area contributed by atoms with E-state index in [1.54, 1.807) is 19.1 Å². The van der Waals surface area contributed by atoms with Crippen LogP contribution in [0.5, 0.6) is 5.75 Å². The van der Waals surface area contributed by atoms with E-state index in [1.165, 1.54) is 25.0 Å². The molecule has 0 fully saturated rings. The fraction of sp³-hybridized carbons (Fsp3) is 0.474. The highest BCUT2D eigenvalue weighted by atomic mass is 16.5. The van der Waals surface area contributed by atoms with Crippen LogP contribution in [-0.2, 0) is 9.53 Å². The first-order valence-electron chi connectivity index (χ1n) is 8.77. The van der Waals surface area contributed by atoms with Gasteiger partial charge < -0.3 is 20.5 Å². The van der Waals surface area contributed by atoms with Crippen LogP contribution in [0.1, 0.15) is 57.6 Å². The molecular weight excluding hydrogens is 320 g/mol. The second-order valence-electron chi connectivity index (χ2n) is 6.21. The van der Waals surface area contributed by atoms with Crippen molar-refractivity contribution in [2.75, 3.05) is 6.61 Å². The number of benzene rings is 1. The Morgan fingerprint density at radius 3 is 2.52 bits per heavy atom. The van der Waals surface area contributed by atoms with Crippen LogP contribution in [0.3, 0.4) is 0 Å². The number of urea groups is 1. The van der Waals surface area contributed by atoms with Gasteiger partial charge in [-0.25, -0.2) is 9.59 Å². The molecule has 0 bridgehead atoms. The molecule has 0 unspecified atom stereocenters. The van der Waals surface area contributed by atoms with Crippen molar-refractivity contribution in [2.45, 2.75) is 52.0 Å². The van der Waals surface area contributed by atoms with Crippen molar-refractivity contribution < 1.29 is 19.4 Å². The molecule has 0 spiro atoms.